The molecule has 0 bridgehead atoms. The number of amides is 2. The molecule has 10 nitrogen and oxygen atoms in total. The number of nitrogens with two attached hydrogens (primary N) is 1. The average molecular weight is 363 g/mol. The van der Waals surface area contributed by atoms with E-state index in [1.165, 1.54) is 0 Å². The van der Waals surface area contributed by atoms with Gasteiger partial charge in [-0.1, -0.05) is 18.2 Å². The predicted octanol–water partition coefficient (Wildman–Crippen LogP) is -0.761. The minimum Gasteiger partial charge on any atom is -0.477 e. The van der Waals surface area contributed by atoms with E-state index in [-0.39, 0.29) is 26.0 Å². The molecule has 2 saturated heterocycles. The molecule has 1 unspecified atom stereocenters. The van der Waals surface area contributed by atoms with Gasteiger partial charge in [0.2, 0.25) is 5.91 Å². The number of ether oxygens (including phenoxy) is 1. The van der Waals surface area contributed by atoms with Crippen molar-refractivity contribution >= 4 is 29.4 Å². The highest BCUT2D eigenvalue weighted by Gasteiger charge is 2.60. The third-order valence-electron chi connectivity index (χ3n) is 4.25. The molecule has 138 valence electrons. The van der Waals surface area contributed by atoms with Crippen LogP contribution >= 0.6 is 0 Å². The molecule has 2 aliphatic heterocycles. The Kier molecular flexibility index (Phi) is 4.62. The van der Waals surface area contributed by atoms with E-state index in [2.05, 4.69) is 0 Å². The molecular weight excluding hydrogens is 346 g/mol. The Morgan fingerprint density at radius 1 is 1.31 bits per heavy atom. The summed E-state index contributed by atoms with van der Waals surface area (Å²) in [7, 11) is 0. The summed E-state index contributed by atoms with van der Waals surface area (Å²) in [5.41, 5.74) is 3.64. The molecule has 10 heteroatoms. The van der Waals surface area contributed by atoms with E-state index in [9.17, 15) is 24.3 Å². The number of carbonyl (C=O) groups excluding carboxylic acids is 3. The van der Waals surface area contributed by atoms with E-state index in [1.54, 1.807) is 30.3 Å². The van der Waals surface area contributed by atoms with Gasteiger partial charge in [0.25, 0.3) is 5.91 Å². The Labute approximate surface area is 148 Å². The van der Waals surface area contributed by atoms with Gasteiger partial charge in [0.15, 0.2) is 0 Å². The van der Waals surface area contributed by atoms with Crippen molar-refractivity contribution in [3.05, 3.63) is 30.3 Å². The Balaban J connectivity index is 1.93. The summed E-state index contributed by atoms with van der Waals surface area (Å²) in [5, 5.41) is 10.1. The second-order valence-corrected chi connectivity index (χ2v) is 5.81. The topological polar surface area (TPSA) is 139 Å². The lowest BCUT2D eigenvalue weighted by Crippen LogP contribution is -2.57. The number of hydrogen-bond donors (Lipinski definition) is 2. The molecule has 2 heterocycles. The van der Waals surface area contributed by atoms with Gasteiger partial charge >= 0.3 is 17.7 Å². The lowest BCUT2D eigenvalue weighted by Gasteiger charge is -2.31. The molecule has 0 saturated carbocycles. The fraction of sp³-hybridized carbons (Fsp3) is 0.375. The third kappa shape index (κ3) is 2.78. The van der Waals surface area contributed by atoms with Gasteiger partial charge in [0, 0.05) is 12.1 Å². The molecule has 2 fully saturated rings. The number of cyclic esters (lactones) is 1. The number of hydrogen-bond acceptors (Lipinski definition) is 7. The number of anilines is 1. The Bertz CT molecular complexity index is 753. The molecule has 26 heavy (non-hydrogen) atoms. The highest BCUT2D eigenvalue weighted by Crippen LogP contribution is 2.35. The molecule has 0 aromatic heterocycles. The van der Waals surface area contributed by atoms with Crippen LogP contribution < -0.4 is 10.6 Å². The molecule has 2 aliphatic rings. The van der Waals surface area contributed by atoms with Crippen LogP contribution in [0.2, 0.25) is 0 Å². The van der Waals surface area contributed by atoms with Gasteiger partial charge in [-0.25, -0.2) is 4.79 Å². The zero-order valence-corrected chi connectivity index (χ0v) is 13.7. The highest BCUT2D eigenvalue weighted by molar-refractivity contribution is 6.03. The Hall–Kier alpha value is -2.98. The SMILES string of the molecule is NCC(=O)N(c1ccccc1)[C@H]1CON(C2(C(=O)O)CCC(=O)O2)C1=O. The van der Waals surface area contributed by atoms with Crippen LogP contribution in [0, 0.1) is 0 Å². The lowest BCUT2D eigenvalue weighted by atomic mass is 10.1. The van der Waals surface area contributed by atoms with E-state index >= 15 is 0 Å². The summed E-state index contributed by atoms with van der Waals surface area (Å²) >= 11 is 0. The van der Waals surface area contributed by atoms with Crippen molar-refractivity contribution in [2.75, 3.05) is 18.1 Å². The Morgan fingerprint density at radius 3 is 2.54 bits per heavy atom. The molecule has 0 spiro atoms. The van der Waals surface area contributed by atoms with E-state index in [0.717, 1.165) is 4.90 Å². The van der Waals surface area contributed by atoms with Gasteiger partial charge < -0.3 is 15.6 Å². The van der Waals surface area contributed by atoms with Crippen molar-refractivity contribution < 1.29 is 33.9 Å². The number of hydroxylamine groups is 2. The van der Waals surface area contributed by atoms with Crippen molar-refractivity contribution in [3.63, 3.8) is 0 Å². The van der Waals surface area contributed by atoms with Gasteiger partial charge in [0.1, 0.15) is 12.6 Å². The van der Waals surface area contributed by atoms with Gasteiger partial charge in [-0.3, -0.25) is 24.1 Å². The lowest BCUT2D eigenvalue weighted by molar-refractivity contribution is -0.256. The number of rotatable bonds is 5. The molecule has 3 rings (SSSR count). The third-order valence-corrected chi connectivity index (χ3v) is 4.25. The first-order valence-electron chi connectivity index (χ1n) is 7.90. The van der Waals surface area contributed by atoms with Crippen molar-refractivity contribution in [1.82, 2.24) is 5.06 Å². The molecule has 0 aliphatic carbocycles. The zero-order valence-electron chi connectivity index (χ0n) is 13.7. The van der Waals surface area contributed by atoms with E-state index in [0.29, 0.717) is 10.8 Å². The smallest absolute Gasteiger partial charge is 0.372 e. The predicted molar refractivity (Wildman–Crippen MR) is 85.3 cm³/mol. The van der Waals surface area contributed by atoms with Gasteiger partial charge in [-0.05, 0) is 12.1 Å². The maximum Gasteiger partial charge on any atom is 0.372 e. The number of esters is 1. The second-order valence-electron chi connectivity index (χ2n) is 5.81. The van der Waals surface area contributed by atoms with E-state index in [4.69, 9.17) is 15.3 Å². The molecular formula is C16H17N3O7. The number of benzene rings is 1. The van der Waals surface area contributed by atoms with Crippen LogP contribution in [-0.4, -0.2) is 58.8 Å². The molecule has 1 aromatic carbocycles. The number of carboxylic acid groups (broad SMARTS) is 1. The van der Waals surface area contributed by atoms with Crippen LogP contribution in [0.15, 0.2) is 30.3 Å². The maximum atomic E-state index is 12.9. The number of nitrogens with zero attached hydrogens (tertiary/aromatic N) is 2. The van der Waals surface area contributed by atoms with Crippen molar-refractivity contribution in [2.24, 2.45) is 5.73 Å². The number of para-hydroxylation sites is 1. The molecule has 0 radical (unpaired) electrons. The van der Waals surface area contributed by atoms with Gasteiger partial charge in [-0.15, -0.1) is 0 Å². The zero-order chi connectivity index (χ0) is 18.9. The van der Waals surface area contributed by atoms with E-state index in [1.807, 2.05) is 0 Å². The quantitative estimate of drug-likeness (QED) is 0.651. The number of carboxylic acids is 1. The standard InChI is InChI=1S/C16H17N3O7/c17-8-12(20)18(10-4-2-1-3-5-10)11-9-25-19(14(11)22)16(15(23)24)7-6-13(21)26-16/h1-5,11H,6-9,17H2,(H,23,24)/t11-,16?/m0/s1. The molecule has 1 aromatic rings. The van der Waals surface area contributed by atoms with Crippen LogP contribution in [0.1, 0.15) is 12.8 Å². The number of aliphatic carboxylic acids is 1. The van der Waals surface area contributed by atoms with Crippen LogP contribution in [0.4, 0.5) is 5.69 Å². The summed E-state index contributed by atoms with van der Waals surface area (Å²) in [5.74, 6) is -3.60. The van der Waals surface area contributed by atoms with Gasteiger partial charge in [0.05, 0.1) is 13.0 Å². The number of carbonyl (C=O) groups is 4. The summed E-state index contributed by atoms with van der Waals surface area (Å²) in [6.07, 6.45) is -0.399. The average Bonchev–Trinajstić information content (AvgIpc) is 3.20. The van der Waals surface area contributed by atoms with Gasteiger partial charge in [-0.2, -0.15) is 5.06 Å². The first-order valence-corrected chi connectivity index (χ1v) is 7.90. The van der Waals surface area contributed by atoms with Crippen LogP contribution in [-0.2, 0) is 28.8 Å². The molecule has 3 N–H and O–H groups in total. The normalized spacial score (nSPS) is 25.3. The minimum atomic E-state index is -2.23. The Morgan fingerprint density at radius 2 is 2.00 bits per heavy atom. The summed E-state index contributed by atoms with van der Waals surface area (Å²) in [6.45, 7) is -0.635. The molecule has 2 atom stereocenters. The van der Waals surface area contributed by atoms with Crippen molar-refractivity contribution in [3.8, 4) is 0 Å². The second kappa shape index (κ2) is 6.73. The minimum absolute atomic E-state index is 0.158. The molecule has 2 amide bonds. The summed E-state index contributed by atoms with van der Waals surface area (Å²) in [4.78, 5) is 54.7. The van der Waals surface area contributed by atoms with Crippen LogP contribution in [0.5, 0.6) is 0 Å². The summed E-state index contributed by atoms with van der Waals surface area (Å²) in [6, 6.07) is 7.22. The first kappa shape index (κ1) is 17.8. The monoisotopic (exact) mass is 363 g/mol. The fourth-order valence-corrected chi connectivity index (χ4v) is 3.01. The van der Waals surface area contributed by atoms with Crippen LogP contribution in [0.25, 0.3) is 0 Å². The van der Waals surface area contributed by atoms with Crippen LogP contribution in [0.3, 0.4) is 0 Å². The van der Waals surface area contributed by atoms with E-state index < -0.39 is 35.5 Å². The first-order chi connectivity index (χ1) is 12.4. The van der Waals surface area contributed by atoms with Crippen molar-refractivity contribution in [2.45, 2.75) is 24.6 Å². The fourth-order valence-electron chi connectivity index (χ4n) is 3.01. The largest absolute Gasteiger partial charge is 0.477 e. The highest BCUT2D eigenvalue weighted by atomic mass is 16.7. The summed E-state index contributed by atoms with van der Waals surface area (Å²) < 4.78 is 4.90. The maximum absolute atomic E-state index is 12.9. The van der Waals surface area contributed by atoms with Crippen molar-refractivity contribution in [1.29, 1.82) is 0 Å².